The lowest BCUT2D eigenvalue weighted by Crippen LogP contribution is -1.89. The van der Waals surface area contributed by atoms with Gasteiger partial charge in [-0.3, -0.25) is 0 Å². The van der Waals surface area contributed by atoms with Gasteiger partial charge in [0.2, 0.25) is 0 Å². The van der Waals surface area contributed by atoms with Gasteiger partial charge in [0.15, 0.2) is 0 Å². The third-order valence-electron chi connectivity index (χ3n) is 8.20. The van der Waals surface area contributed by atoms with Crippen molar-refractivity contribution in [3.8, 4) is 11.1 Å². The van der Waals surface area contributed by atoms with Gasteiger partial charge in [0.05, 0.1) is 0 Å². The molecule has 0 radical (unpaired) electrons. The fourth-order valence-corrected chi connectivity index (χ4v) is 6.58. The highest BCUT2D eigenvalue weighted by molar-refractivity contribution is 6.40. The Morgan fingerprint density at radius 1 is 0.297 bits per heavy atom. The third-order valence-corrected chi connectivity index (χ3v) is 8.20. The number of benzene rings is 8. The second kappa shape index (κ2) is 6.87. The highest BCUT2D eigenvalue weighted by Crippen LogP contribution is 2.45. The summed E-state index contributed by atoms with van der Waals surface area (Å²) in [5.41, 5.74) is 4.29. The van der Waals surface area contributed by atoms with E-state index in [9.17, 15) is 0 Å². The van der Waals surface area contributed by atoms with Gasteiger partial charge >= 0.3 is 0 Å². The Morgan fingerprint density at radius 2 is 0.757 bits per heavy atom. The van der Waals surface area contributed by atoms with Gasteiger partial charge in [0.1, 0.15) is 11.2 Å². The summed E-state index contributed by atoms with van der Waals surface area (Å²) >= 11 is 0. The van der Waals surface area contributed by atoms with Crippen molar-refractivity contribution < 1.29 is 4.42 Å². The van der Waals surface area contributed by atoms with Crippen LogP contribution in [0.4, 0.5) is 0 Å². The predicted molar refractivity (Wildman–Crippen MR) is 158 cm³/mol. The first kappa shape index (κ1) is 19.3. The second-order valence-electron chi connectivity index (χ2n) is 10.1. The van der Waals surface area contributed by atoms with Crippen LogP contribution in [-0.4, -0.2) is 0 Å². The first-order valence-corrected chi connectivity index (χ1v) is 12.8. The summed E-state index contributed by atoms with van der Waals surface area (Å²) in [4.78, 5) is 0. The maximum atomic E-state index is 6.08. The van der Waals surface area contributed by atoms with Crippen molar-refractivity contribution in [2.75, 3.05) is 0 Å². The van der Waals surface area contributed by atoms with Crippen LogP contribution in [-0.2, 0) is 0 Å². The van der Waals surface area contributed by atoms with Crippen LogP contribution in [0.1, 0.15) is 0 Å². The third kappa shape index (κ3) is 2.48. The molecule has 0 N–H and O–H groups in total. The minimum atomic E-state index is 0.931. The maximum absolute atomic E-state index is 6.08. The molecule has 0 saturated carbocycles. The van der Waals surface area contributed by atoms with Crippen LogP contribution in [0.3, 0.4) is 0 Å². The summed E-state index contributed by atoms with van der Waals surface area (Å²) in [5.74, 6) is 0. The van der Waals surface area contributed by atoms with Crippen molar-refractivity contribution in [1.82, 2.24) is 0 Å². The SMILES string of the molecule is c1ccc2c(c1)oc1ccc(-c3ccc4c(c3)c3cccc5c6ccccc6c6cccc4c6c53)cc12. The van der Waals surface area contributed by atoms with Gasteiger partial charge in [-0.1, -0.05) is 97.1 Å². The number of para-hydroxylation sites is 1. The first-order chi connectivity index (χ1) is 18.3. The quantitative estimate of drug-likeness (QED) is 0.172. The lowest BCUT2D eigenvalue weighted by Gasteiger charge is -2.18. The Kier molecular flexibility index (Phi) is 3.59. The molecule has 1 nitrogen and oxygen atoms in total. The lowest BCUT2D eigenvalue weighted by atomic mass is 9.85. The molecule has 1 heterocycles. The molecule has 0 aliphatic carbocycles. The summed E-state index contributed by atoms with van der Waals surface area (Å²) in [6.07, 6.45) is 0. The molecule has 0 aliphatic heterocycles. The standard InChI is InChI=1S/C36H20O/c1-2-8-24-23(7-1)27-10-5-12-29-25-17-15-21(19-31(25)30-13-6-11-28(24)36(30)35(27)29)22-16-18-34-32(20-22)26-9-3-4-14-33(26)37-34/h1-20H. The van der Waals surface area contributed by atoms with E-state index in [2.05, 4.69) is 109 Å². The Balaban J connectivity index is 1.41. The van der Waals surface area contributed by atoms with Gasteiger partial charge in [0.25, 0.3) is 0 Å². The number of furan rings is 1. The van der Waals surface area contributed by atoms with Crippen molar-refractivity contribution in [2.45, 2.75) is 0 Å². The zero-order chi connectivity index (χ0) is 24.1. The molecular weight excluding hydrogens is 448 g/mol. The number of fused-ring (bicyclic) bond motifs is 9. The summed E-state index contributed by atoms with van der Waals surface area (Å²) in [5, 5.41) is 15.6. The lowest BCUT2D eigenvalue weighted by molar-refractivity contribution is 0.669. The molecule has 9 aromatic rings. The molecular formula is C36H20O. The molecule has 1 aromatic heterocycles. The van der Waals surface area contributed by atoms with Crippen LogP contribution in [0.25, 0.3) is 86.9 Å². The number of hydrogen-bond donors (Lipinski definition) is 0. The molecule has 170 valence electrons. The Hall–Kier alpha value is -4.88. The highest BCUT2D eigenvalue weighted by atomic mass is 16.3. The molecule has 0 bridgehead atoms. The van der Waals surface area contributed by atoms with Crippen LogP contribution < -0.4 is 0 Å². The molecule has 0 aliphatic rings. The zero-order valence-corrected chi connectivity index (χ0v) is 20.0. The van der Waals surface area contributed by atoms with E-state index < -0.39 is 0 Å². The molecule has 37 heavy (non-hydrogen) atoms. The number of rotatable bonds is 1. The topological polar surface area (TPSA) is 13.1 Å². The maximum Gasteiger partial charge on any atom is 0.135 e. The molecule has 9 rings (SSSR count). The van der Waals surface area contributed by atoms with Crippen LogP contribution in [0.2, 0.25) is 0 Å². The molecule has 1 heteroatoms. The van der Waals surface area contributed by atoms with Gasteiger partial charge in [-0.15, -0.1) is 0 Å². The second-order valence-corrected chi connectivity index (χ2v) is 10.1. The fraction of sp³-hybridized carbons (Fsp3) is 0. The van der Waals surface area contributed by atoms with E-state index in [1.54, 1.807) is 0 Å². The fourth-order valence-electron chi connectivity index (χ4n) is 6.58. The summed E-state index contributed by atoms with van der Waals surface area (Å²) < 4.78 is 6.08. The zero-order valence-electron chi connectivity index (χ0n) is 20.0. The number of hydrogen-bond acceptors (Lipinski definition) is 1. The van der Waals surface area contributed by atoms with Crippen molar-refractivity contribution in [3.05, 3.63) is 121 Å². The van der Waals surface area contributed by atoms with E-state index in [1.807, 2.05) is 12.1 Å². The van der Waals surface area contributed by atoms with Crippen molar-refractivity contribution >= 4 is 75.8 Å². The molecule has 8 aromatic carbocycles. The largest absolute Gasteiger partial charge is 0.456 e. The van der Waals surface area contributed by atoms with E-state index in [0.717, 1.165) is 21.9 Å². The van der Waals surface area contributed by atoms with E-state index >= 15 is 0 Å². The summed E-state index contributed by atoms with van der Waals surface area (Å²) in [6, 6.07) is 44.2. The van der Waals surface area contributed by atoms with Crippen LogP contribution in [0, 0.1) is 0 Å². The van der Waals surface area contributed by atoms with Crippen molar-refractivity contribution in [1.29, 1.82) is 0 Å². The molecule has 0 spiro atoms. The molecule has 0 amide bonds. The molecule has 0 atom stereocenters. The summed E-state index contributed by atoms with van der Waals surface area (Å²) in [6.45, 7) is 0. The minimum Gasteiger partial charge on any atom is -0.456 e. The van der Waals surface area contributed by atoms with Crippen molar-refractivity contribution in [3.63, 3.8) is 0 Å². The predicted octanol–water partition coefficient (Wildman–Crippen LogP) is 10.5. The van der Waals surface area contributed by atoms with Crippen LogP contribution >= 0.6 is 0 Å². The van der Waals surface area contributed by atoms with E-state index in [-0.39, 0.29) is 0 Å². The normalized spacial score (nSPS) is 12.3. The van der Waals surface area contributed by atoms with Gasteiger partial charge in [-0.05, 0) is 89.3 Å². The molecule has 0 unspecified atom stereocenters. The van der Waals surface area contributed by atoms with Gasteiger partial charge in [-0.2, -0.15) is 0 Å². The van der Waals surface area contributed by atoms with Gasteiger partial charge in [0, 0.05) is 10.8 Å². The minimum absolute atomic E-state index is 0.931. The monoisotopic (exact) mass is 468 g/mol. The van der Waals surface area contributed by atoms with Gasteiger partial charge < -0.3 is 4.42 Å². The van der Waals surface area contributed by atoms with E-state index in [1.165, 1.54) is 65.0 Å². The smallest absolute Gasteiger partial charge is 0.135 e. The van der Waals surface area contributed by atoms with E-state index in [0.29, 0.717) is 0 Å². The highest BCUT2D eigenvalue weighted by Gasteiger charge is 2.17. The Bertz CT molecular complexity index is 2350. The Labute approximate surface area is 212 Å². The molecule has 0 fully saturated rings. The van der Waals surface area contributed by atoms with Crippen LogP contribution in [0.5, 0.6) is 0 Å². The Morgan fingerprint density at radius 3 is 1.43 bits per heavy atom. The van der Waals surface area contributed by atoms with E-state index in [4.69, 9.17) is 4.42 Å². The summed E-state index contributed by atoms with van der Waals surface area (Å²) in [7, 11) is 0. The average molecular weight is 469 g/mol. The van der Waals surface area contributed by atoms with Crippen LogP contribution in [0.15, 0.2) is 126 Å². The first-order valence-electron chi connectivity index (χ1n) is 12.8. The van der Waals surface area contributed by atoms with Gasteiger partial charge in [-0.25, -0.2) is 0 Å². The average Bonchev–Trinajstić information content (AvgIpc) is 3.34. The molecule has 0 saturated heterocycles. The van der Waals surface area contributed by atoms with Crippen molar-refractivity contribution in [2.24, 2.45) is 0 Å².